The molecule has 1 fully saturated rings. The van der Waals surface area contributed by atoms with E-state index >= 15 is 0 Å². The summed E-state index contributed by atoms with van der Waals surface area (Å²) < 4.78 is 14.0. The molecule has 1 saturated heterocycles. The van der Waals surface area contributed by atoms with E-state index in [4.69, 9.17) is 11.6 Å². The lowest BCUT2D eigenvalue weighted by Gasteiger charge is -2.39. The Balaban J connectivity index is 2.13. The van der Waals surface area contributed by atoms with Gasteiger partial charge < -0.3 is 5.32 Å². The van der Waals surface area contributed by atoms with Crippen LogP contribution < -0.4 is 5.32 Å². The maximum atomic E-state index is 14.0. The molecular formula is C15H22ClFN2. The highest BCUT2D eigenvalue weighted by molar-refractivity contribution is 6.30. The number of hydrogen-bond donors (Lipinski definition) is 1. The number of rotatable bonds is 4. The Morgan fingerprint density at radius 1 is 1.53 bits per heavy atom. The van der Waals surface area contributed by atoms with Gasteiger partial charge in [0.05, 0.1) is 5.02 Å². The van der Waals surface area contributed by atoms with Gasteiger partial charge in [0.1, 0.15) is 5.82 Å². The first-order valence-electron chi connectivity index (χ1n) is 7.01. The fourth-order valence-electron chi connectivity index (χ4n) is 2.69. The van der Waals surface area contributed by atoms with Crippen molar-refractivity contribution in [2.75, 3.05) is 19.6 Å². The zero-order valence-corrected chi connectivity index (χ0v) is 12.4. The third kappa shape index (κ3) is 3.47. The largest absolute Gasteiger partial charge is 0.314 e. The second-order valence-electron chi connectivity index (χ2n) is 5.34. The predicted octanol–water partition coefficient (Wildman–Crippen LogP) is 3.30. The lowest BCUT2D eigenvalue weighted by molar-refractivity contribution is 0.108. The smallest absolute Gasteiger partial charge is 0.146 e. The van der Waals surface area contributed by atoms with Crippen LogP contribution in [-0.4, -0.2) is 30.6 Å². The summed E-state index contributed by atoms with van der Waals surface area (Å²) in [5, 5.41) is 3.65. The van der Waals surface area contributed by atoms with Crippen LogP contribution in [0.4, 0.5) is 4.39 Å². The lowest BCUT2D eigenvalue weighted by Crippen LogP contribution is -2.53. The van der Waals surface area contributed by atoms with Crippen molar-refractivity contribution in [2.45, 2.75) is 32.9 Å². The molecule has 1 aromatic rings. The molecule has 1 aromatic carbocycles. The third-order valence-electron chi connectivity index (χ3n) is 4.10. The minimum absolute atomic E-state index is 0.215. The van der Waals surface area contributed by atoms with E-state index in [2.05, 4.69) is 24.1 Å². The summed E-state index contributed by atoms with van der Waals surface area (Å²) in [5.74, 6) is 0.334. The SMILES string of the molecule is CCC(C)C1CNCCN1Cc1cccc(Cl)c1F. The van der Waals surface area contributed by atoms with Gasteiger partial charge >= 0.3 is 0 Å². The summed E-state index contributed by atoms with van der Waals surface area (Å²) in [6.07, 6.45) is 1.14. The molecule has 1 aliphatic rings. The van der Waals surface area contributed by atoms with Gasteiger partial charge in [0, 0.05) is 37.8 Å². The van der Waals surface area contributed by atoms with Crippen LogP contribution in [0.3, 0.4) is 0 Å². The van der Waals surface area contributed by atoms with E-state index in [-0.39, 0.29) is 10.8 Å². The topological polar surface area (TPSA) is 15.3 Å². The average molecular weight is 285 g/mol. The Morgan fingerprint density at radius 2 is 2.32 bits per heavy atom. The molecule has 0 radical (unpaired) electrons. The van der Waals surface area contributed by atoms with E-state index in [1.165, 1.54) is 0 Å². The van der Waals surface area contributed by atoms with Gasteiger partial charge in [0.15, 0.2) is 0 Å². The normalized spacial score (nSPS) is 22.4. The van der Waals surface area contributed by atoms with Crippen LogP contribution in [0.5, 0.6) is 0 Å². The summed E-state index contributed by atoms with van der Waals surface area (Å²) >= 11 is 5.85. The minimum Gasteiger partial charge on any atom is -0.314 e. The summed E-state index contributed by atoms with van der Waals surface area (Å²) in [4.78, 5) is 2.37. The molecule has 0 saturated carbocycles. The molecule has 0 amide bonds. The molecule has 2 nitrogen and oxygen atoms in total. The number of benzene rings is 1. The summed E-state index contributed by atoms with van der Waals surface area (Å²) in [6.45, 7) is 8.02. The van der Waals surface area contributed by atoms with Gasteiger partial charge in [-0.05, 0) is 12.0 Å². The quantitative estimate of drug-likeness (QED) is 0.913. The molecule has 19 heavy (non-hydrogen) atoms. The molecule has 1 heterocycles. The van der Waals surface area contributed by atoms with Crippen molar-refractivity contribution in [3.8, 4) is 0 Å². The van der Waals surface area contributed by atoms with Crippen LogP contribution in [-0.2, 0) is 6.54 Å². The molecule has 0 aromatic heterocycles. The highest BCUT2D eigenvalue weighted by Crippen LogP contribution is 2.23. The maximum absolute atomic E-state index is 14.0. The minimum atomic E-state index is -0.273. The molecule has 2 rings (SSSR count). The number of nitrogens with one attached hydrogen (secondary N) is 1. The summed E-state index contributed by atoms with van der Waals surface area (Å²) in [7, 11) is 0. The van der Waals surface area contributed by atoms with Gasteiger partial charge in [-0.15, -0.1) is 0 Å². The van der Waals surface area contributed by atoms with Crippen molar-refractivity contribution in [2.24, 2.45) is 5.92 Å². The van der Waals surface area contributed by atoms with Crippen molar-refractivity contribution in [3.63, 3.8) is 0 Å². The van der Waals surface area contributed by atoms with Crippen molar-refractivity contribution in [1.29, 1.82) is 0 Å². The molecule has 1 N–H and O–H groups in total. The Bertz CT molecular complexity index is 425. The fraction of sp³-hybridized carbons (Fsp3) is 0.600. The van der Waals surface area contributed by atoms with E-state index in [0.29, 0.717) is 24.1 Å². The van der Waals surface area contributed by atoms with E-state index < -0.39 is 0 Å². The van der Waals surface area contributed by atoms with Gasteiger partial charge in [-0.3, -0.25) is 4.90 Å². The van der Waals surface area contributed by atoms with Crippen molar-refractivity contribution in [1.82, 2.24) is 10.2 Å². The Hall–Kier alpha value is -0.640. The first-order chi connectivity index (χ1) is 9.13. The van der Waals surface area contributed by atoms with E-state index in [9.17, 15) is 4.39 Å². The molecule has 1 aliphatic heterocycles. The second kappa shape index (κ2) is 6.69. The number of hydrogen-bond acceptors (Lipinski definition) is 2. The third-order valence-corrected chi connectivity index (χ3v) is 4.40. The molecule has 2 unspecified atom stereocenters. The molecule has 2 atom stereocenters. The lowest BCUT2D eigenvalue weighted by atomic mass is 9.95. The monoisotopic (exact) mass is 284 g/mol. The summed E-state index contributed by atoms with van der Waals surface area (Å²) in [6, 6.07) is 5.72. The average Bonchev–Trinajstić information content (AvgIpc) is 2.43. The molecule has 106 valence electrons. The second-order valence-corrected chi connectivity index (χ2v) is 5.75. The van der Waals surface area contributed by atoms with Crippen LogP contribution in [0.1, 0.15) is 25.8 Å². The Morgan fingerprint density at radius 3 is 3.05 bits per heavy atom. The van der Waals surface area contributed by atoms with Crippen LogP contribution >= 0.6 is 11.6 Å². The number of piperazine rings is 1. The van der Waals surface area contributed by atoms with Crippen molar-refractivity contribution >= 4 is 11.6 Å². The highest BCUT2D eigenvalue weighted by atomic mass is 35.5. The fourth-order valence-corrected chi connectivity index (χ4v) is 2.88. The van der Waals surface area contributed by atoms with Crippen molar-refractivity contribution in [3.05, 3.63) is 34.6 Å². The molecule has 4 heteroatoms. The van der Waals surface area contributed by atoms with E-state index in [1.807, 2.05) is 12.1 Å². The van der Waals surface area contributed by atoms with Gasteiger partial charge in [-0.2, -0.15) is 0 Å². The molecule has 0 aliphatic carbocycles. The number of halogens is 2. The molecular weight excluding hydrogens is 263 g/mol. The van der Waals surface area contributed by atoms with Gasteiger partial charge in [0.25, 0.3) is 0 Å². The first kappa shape index (κ1) is 14.8. The van der Waals surface area contributed by atoms with Gasteiger partial charge in [-0.25, -0.2) is 4.39 Å². The maximum Gasteiger partial charge on any atom is 0.146 e. The highest BCUT2D eigenvalue weighted by Gasteiger charge is 2.26. The zero-order chi connectivity index (χ0) is 13.8. The van der Waals surface area contributed by atoms with Crippen LogP contribution in [0.15, 0.2) is 18.2 Å². The first-order valence-corrected chi connectivity index (χ1v) is 7.39. The zero-order valence-electron chi connectivity index (χ0n) is 11.6. The summed E-state index contributed by atoms with van der Waals surface area (Å²) in [5.41, 5.74) is 0.697. The van der Waals surface area contributed by atoms with Gasteiger partial charge in [-0.1, -0.05) is 44.0 Å². The molecule has 0 spiro atoms. The number of nitrogens with zero attached hydrogens (tertiary/aromatic N) is 1. The Labute approximate surface area is 119 Å². The standard InChI is InChI=1S/C15H22ClFN2/c1-3-11(2)14-9-18-7-8-19(14)10-12-5-4-6-13(16)15(12)17/h4-6,11,14,18H,3,7-10H2,1-2H3. The van der Waals surface area contributed by atoms with Crippen LogP contribution in [0.2, 0.25) is 5.02 Å². The van der Waals surface area contributed by atoms with E-state index in [0.717, 1.165) is 26.1 Å². The van der Waals surface area contributed by atoms with Crippen molar-refractivity contribution < 1.29 is 4.39 Å². The molecule has 0 bridgehead atoms. The van der Waals surface area contributed by atoms with E-state index in [1.54, 1.807) is 6.07 Å². The van der Waals surface area contributed by atoms with Gasteiger partial charge in [0.2, 0.25) is 0 Å². The predicted molar refractivity (Wildman–Crippen MR) is 77.9 cm³/mol. The Kier molecular flexibility index (Phi) is 5.20. The van der Waals surface area contributed by atoms with Crippen LogP contribution in [0.25, 0.3) is 0 Å². The van der Waals surface area contributed by atoms with Crippen LogP contribution in [0, 0.1) is 11.7 Å².